The molecule has 4 heteroatoms. The van der Waals surface area contributed by atoms with Gasteiger partial charge < -0.3 is 4.74 Å². The molecule has 2 nitrogen and oxygen atoms in total. The van der Waals surface area contributed by atoms with E-state index >= 15 is 0 Å². The first-order valence-electron chi connectivity index (χ1n) is 8.09. The van der Waals surface area contributed by atoms with Crippen LogP contribution in [0.25, 0.3) is 0 Å². The summed E-state index contributed by atoms with van der Waals surface area (Å²) in [5, 5.41) is 0. The highest BCUT2D eigenvalue weighted by molar-refractivity contribution is 8.19. The average molecular weight is 341 g/mol. The molecule has 0 atom stereocenters. The summed E-state index contributed by atoms with van der Waals surface area (Å²) in [5.74, 6) is 2.11. The second-order valence-electron chi connectivity index (χ2n) is 5.28. The van der Waals surface area contributed by atoms with Gasteiger partial charge >= 0.3 is 5.97 Å². The molecule has 0 radical (unpaired) electrons. The fraction of sp³-hybridized carbons (Fsp3) is 0.611. The second-order valence-corrected chi connectivity index (χ2v) is 8.38. The lowest BCUT2D eigenvalue weighted by Crippen LogP contribution is -2.21. The fourth-order valence-corrected chi connectivity index (χ4v) is 5.22. The van der Waals surface area contributed by atoms with Crippen LogP contribution in [0.5, 0.6) is 0 Å². The summed E-state index contributed by atoms with van der Waals surface area (Å²) in [5.41, 5.74) is 0. The molecule has 0 spiro atoms. The van der Waals surface area contributed by atoms with Crippen LogP contribution in [0.4, 0.5) is 0 Å². The summed E-state index contributed by atoms with van der Waals surface area (Å²) >= 11 is 4.04. The third-order valence-corrected chi connectivity index (χ3v) is 6.70. The Morgan fingerprint density at radius 2 is 1.95 bits per heavy atom. The van der Waals surface area contributed by atoms with Gasteiger partial charge in [-0.1, -0.05) is 50.1 Å². The standard InChI is InChI=1S/C18H28O2S2/c1-3-4-5-6-7-9-13-18(21-15-11-16-22-18)14-10-8-12-17(19)20-2/h7-10,12,14H,3-6,11,13,15-16H2,1-2H3/b9-7-,12-8+,14-10+. The molecule has 0 bridgehead atoms. The van der Waals surface area contributed by atoms with Crippen LogP contribution in [0.1, 0.15) is 45.4 Å². The maximum Gasteiger partial charge on any atom is 0.330 e. The molecule has 1 aliphatic heterocycles. The van der Waals surface area contributed by atoms with Crippen molar-refractivity contribution in [2.75, 3.05) is 18.6 Å². The Bertz CT molecular complexity index is 394. The molecule has 0 amide bonds. The van der Waals surface area contributed by atoms with E-state index in [4.69, 9.17) is 0 Å². The van der Waals surface area contributed by atoms with Crippen molar-refractivity contribution in [3.8, 4) is 0 Å². The number of rotatable bonds is 9. The first kappa shape index (κ1) is 19.4. The molecule has 1 saturated heterocycles. The van der Waals surface area contributed by atoms with Gasteiger partial charge in [-0.2, -0.15) is 0 Å². The van der Waals surface area contributed by atoms with Gasteiger partial charge in [0.2, 0.25) is 0 Å². The summed E-state index contributed by atoms with van der Waals surface area (Å²) in [7, 11) is 1.40. The molecular formula is C18H28O2S2. The van der Waals surface area contributed by atoms with Crippen LogP contribution < -0.4 is 0 Å². The molecule has 0 aromatic heterocycles. The van der Waals surface area contributed by atoms with Gasteiger partial charge in [-0.25, -0.2) is 4.79 Å². The van der Waals surface area contributed by atoms with Crippen LogP contribution in [0.2, 0.25) is 0 Å². The minimum absolute atomic E-state index is 0.125. The normalized spacial score (nSPS) is 18.5. The van der Waals surface area contributed by atoms with E-state index in [0.717, 1.165) is 6.42 Å². The van der Waals surface area contributed by atoms with Gasteiger partial charge in [0.15, 0.2) is 0 Å². The summed E-state index contributed by atoms with van der Waals surface area (Å²) in [6.45, 7) is 2.24. The summed E-state index contributed by atoms with van der Waals surface area (Å²) in [6, 6.07) is 0. The zero-order valence-electron chi connectivity index (χ0n) is 13.8. The first-order chi connectivity index (χ1) is 10.7. The van der Waals surface area contributed by atoms with Crippen LogP contribution in [0.3, 0.4) is 0 Å². The number of thioether (sulfide) groups is 2. The molecule has 0 saturated carbocycles. The van der Waals surface area contributed by atoms with Gasteiger partial charge in [0.05, 0.1) is 11.2 Å². The van der Waals surface area contributed by atoms with Gasteiger partial charge in [0.25, 0.3) is 0 Å². The first-order valence-corrected chi connectivity index (χ1v) is 10.1. The number of hydrogen-bond acceptors (Lipinski definition) is 4. The van der Waals surface area contributed by atoms with E-state index in [0.29, 0.717) is 0 Å². The topological polar surface area (TPSA) is 26.3 Å². The van der Waals surface area contributed by atoms with Gasteiger partial charge in [0, 0.05) is 6.08 Å². The molecule has 1 rings (SSSR count). The molecule has 1 aliphatic rings. The molecular weight excluding hydrogens is 312 g/mol. The lowest BCUT2D eigenvalue weighted by molar-refractivity contribution is -0.134. The van der Waals surface area contributed by atoms with E-state index in [2.05, 4.69) is 29.9 Å². The molecule has 0 N–H and O–H groups in total. The SMILES string of the molecule is CCCCC/C=C\CC1(/C=C/C=C/C(=O)OC)SCCCS1. The van der Waals surface area contributed by atoms with E-state index in [-0.39, 0.29) is 10.0 Å². The molecule has 1 fully saturated rings. The Balaban J connectivity index is 2.52. The highest BCUT2D eigenvalue weighted by Crippen LogP contribution is 2.46. The Morgan fingerprint density at radius 1 is 1.18 bits per heavy atom. The number of hydrogen-bond donors (Lipinski definition) is 0. The monoisotopic (exact) mass is 340 g/mol. The zero-order valence-corrected chi connectivity index (χ0v) is 15.4. The third-order valence-electron chi connectivity index (χ3n) is 3.42. The Kier molecular flexibility index (Phi) is 10.5. The van der Waals surface area contributed by atoms with Crippen molar-refractivity contribution >= 4 is 29.5 Å². The number of esters is 1. The lowest BCUT2D eigenvalue weighted by atomic mass is 10.2. The summed E-state index contributed by atoms with van der Waals surface area (Å²) in [6.07, 6.45) is 19.5. The van der Waals surface area contributed by atoms with Crippen molar-refractivity contribution in [2.45, 2.75) is 49.5 Å². The van der Waals surface area contributed by atoms with Gasteiger partial charge in [0.1, 0.15) is 0 Å². The highest BCUT2D eigenvalue weighted by atomic mass is 32.2. The van der Waals surface area contributed by atoms with Crippen LogP contribution in [-0.2, 0) is 9.53 Å². The summed E-state index contributed by atoms with van der Waals surface area (Å²) in [4.78, 5) is 11.1. The zero-order chi connectivity index (χ0) is 16.1. The van der Waals surface area contributed by atoms with E-state index in [1.807, 2.05) is 29.6 Å². The predicted molar refractivity (Wildman–Crippen MR) is 100 cm³/mol. The van der Waals surface area contributed by atoms with Crippen molar-refractivity contribution in [1.29, 1.82) is 0 Å². The average Bonchev–Trinajstić information content (AvgIpc) is 2.55. The van der Waals surface area contributed by atoms with Crippen LogP contribution in [0, 0.1) is 0 Å². The van der Waals surface area contributed by atoms with Crippen molar-refractivity contribution < 1.29 is 9.53 Å². The quantitative estimate of drug-likeness (QED) is 0.185. The largest absolute Gasteiger partial charge is 0.466 e. The van der Waals surface area contributed by atoms with Crippen LogP contribution >= 0.6 is 23.5 Å². The fourth-order valence-electron chi connectivity index (χ4n) is 2.15. The number of carbonyl (C=O) groups is 1. The molecule has 0 aromatic rings. The minimum atomic E-state index is -0.307. The van der Waals surface area contributed by atoms with Crippen molar-refractivity contribution in [3.05, 3.63) is 36.5 Å². The molecule has 0 aromatic carbocycles. The second kappa shape index (κ2) is 11.9. The summed E-state index contributed by atoms with van der Waals surface area (Å²) < 4.78 is 4.72. The highest BCUT2D eigenvalue weighted by Gasteiger charge is 2.29. The van der Waals surface area contributed by atoms with Gasteiger partial charge in [-0.3, -0.25) is 0 Å². The number of ether oxygens (including phenoxy) is 1. The molecule has 124 valence electrons. The van der Waals surface area contributed by atoms with Crippen LogP contribution in [-0.4, -0.2) is 28.7 Å². The van der Waals surface area contributed by atoms with Gasteiger partial charge in [-0.15, -0.1) is 23.5 Å². The molecule has 0 aliphatic carbocycles. The van der Waals surface area contributed by atoms with E-state index in [1.54, 1.807) is 6.08 Å². The number of carbonyl (C=O) groups excluding carboxylic acids is 1. The lowest BCUT2D eigenvalue weighted by Gasteiger charge is -2.32. The van der Waals surface area contributed by atoms with Gasteiger partial charge in [-0.05, 0) is 37.2 Å². The number of allylic oxidation sites excluding steroid dienone is 4. The van der Waals surface area contributed by atoms with Crippen molar-refractivity contribution in [3.63, 3.8) is 0 Å². The van der Waals surface area contributed by atoms with E-state index < -0.39 is 0 Å². The van der Waals surface area contributed by atoms with Crippen LogP contribution in [0.15, 0.2) is 36.5 Å². The number of unbranched alkanes of at least 4 members (excludes halogenated alkanes) is 3. The number of methoxy groups -OCH3 is 1. The Morgan fingerprint density at radius 3 is 2.64 bits per heavy atom. The van der Waals surface area contributed by atoms with E-state index in [1.165, 1.54) is 56.8 Å². The predicted octanol–water partition coefficient (Wildman–Crippen LogP) is 5.36. The maximum absolute atomic E-state index is 11.1. The van der Waals surface area contributed by atoms with E-state index in [9.17, 15) is 4.79 Å². The third kappa shape index (κ3) is 8.14. The molecule has 22 heavy (non-hydrogen) atoms. The van der Waals surface area contributed by atoms with Crippen molar-refractivity contribution in [1.82, 2.24) is 0 Å². The minimum Gasteiger partial charge on any atom is -0.466 e. The molecule has 1 heterocycles. The Hall–Kier alpha value is -0.610. The maximum atomic E-state index is 11.1. The van der Waals surface area contributed by atoms with Crippen molar-refractivity contribution in [2.24, 2.45) is 0 Å². The Labute approximate surface area is 143 Å². The molecule has 0 unspecified atom stereocenters. The smallest absolute Gasteiger partial charge is 0.330 e.